The number of carbonyl (C=O) groups excluding carboxylic acids is 1. The van der Waals surface area contributed by atoms with E-state index in [1.807, 2.05) is 31.3 Å². The molecule has 0 aliphatic heterocycles. The lowest BCUT2D eigenvalue weighted by atomic mass is 9.77. The first-order chi connectivity index (χ1) is 11.6. The molecule has 0 aliphatic carbocycles. The molecule has 0 aliphatic rings. The van der Waals surface area contributed by atoms with E-state index in [-0.39, 0.29) is 16.7 Å². The van der Waals surface area contributed by atoms with Gasteiger partial charge in [0.1, 0.15) is 6.29 Å². The van der Waals surface area contributed by atoms with E-state index in [2.05, 4.69) is 65.1 Å². The maximum absolute atomic E-state index is 12.1. The molecule has 0 aromatic heterocycles. The van der Waals surface area contributed by atoms with Crippen LogP contribution in [0.25, 0.3) is 0 Å². The third-order valence-corrected chi connectivity index (χ3v) is 4.75. The Hall–Kier alpha value is -2.09. The number of hydrogen-bond donors (Lipinski definition) is 1. The van der Waals surface area contributed by atoms with Crippen LogP contribution in [0.2, 0.25) is 0 Å². The van der Waals surface area contributed by atoms with Crippen LogP contribution in [0.5, 0.6) is 0 Å². The standard InChI is InChI=1S/C23H31NO/c1-22(2,3)17-12-16(13-18(14-17)23(4,5)6)20(15-25)19-10-8-9-11-21(19)24-7/h8-15,20,24H,1-7H3. The molecular formula is C23H31NO. The average molecular weight is 338 g/mol. The van der Waals surface area contributed by atoms with Gasteiger partial charge < -0.3 is 10.1 Å². The molecule has 134 valence electrons. The molecule has 2 aromatic rings. The number of para-hydroxylation sites is 1. The molecule has 0 spiro atoms. The van der Waals surface area contributed by atoms with Crippen LogP contribution in [0.1, 0.15) is 69.7 Å². The molecule has 0 amide bonds. The zero-order valence-electron chi connectivity index (χ0n) is 16.6. The minimum absolute atomic E-state index is 0.0337. The van der Waals surface area contributed by atoms with Crippen molar-refractivity contribution < 1.29 is 4.79 Å². The largest absolute Gasteiger partial charge is 0.388 e. The fraction of sp³-hybridized carbons (Fsp3) is 0.435. The van der Waals surface area contributed by atoms with Gasteiger partial charge >= 0.3 is 0 Å². The predicted molar refractivity (Wildman–Crippen MR) is 108 cm³/mol. The summed E-state index contributed by atoms with van der Waals surface area (Å²) in [6, 6.07) is 14.7. The molecule has 2 aromatic carbocycles. The van der Waals surface area contributed by atoms with Crippen molar-refractivity contribution in [2.75, 3.05) is 12.4 Å². The lowest BCUT2D eigenvalue weighted by molar-refractivity contribution is -0.108. The van der Waals surface area contributed by atoms with Crippen LogP contribution < -0.4 is 5.32 Å². The Morgan fingerprint density at radius 1 is 0.880 bits per heavy atom. The first kappa shape index (κ1) is 19.2. The van der Waals surface area contributed by atoms with Gasteiger partial charge in [0.15, 0.2) is 0 Å². The summed E-state index contributed by atoms with van der Waals surface area (Å²) in [5.74, 6) is -0.271. The second-order valence-electron chi connectivity index (χ2n) is 8.79. The fourth-order valence-corrected chi connectivity index (χ4v) is 3.02. The molecule has 0 bridgehead atoms. The van der Waals surface area contributed by atoms with Crippen molar-refractivity contribution in [1.82, 2.24) is 0 Å². The van der Waals surface area contributed by atoms with Gasteiger partial charge in [0.05, 0.1) is 5.92 Å². The van der Waals surface area contributed by atoms with Gasteiger partial charge in [-0.05, 0) is 39.2 Å². The van der Waals surface area contributed by atoms with Crippen LogP contribution in [0.4, 0.5) is 5.69 Å². The normalized spacial score (nSPS) is 13.4. The highest BCUT2D eigenvalue weighted by molar-refractivity contribution is 5.73. The van der Waals surface area contributed by atoms with E-state index in [1.54, 1.807) is 0 Å². The number of hydrogen-bond acceptors (Lipinski definition) is 2. The number of carbonyl (C=O) groups is 1. The maximum Gasteiger partial charge on any atom is 0.131 e. The number of anilines is 1. The Morgan fingerprint density at radius 2 is 1.40 bits per heavy atom. The van der Waals surface area contributed by atoms with E-state index in [4.69, 9.17) is 0 Å². The smallest absolute Gasteiger partial charge is 0.131 e. The van der Waals surface area contributed by atoms with Crippen LogP contribution in [-0.4, -0.2) is 13.3 Å². The Bertz CT molecular complexity index is 715. The van der Waals surface area contributed by atoms with E-state index in [1.165, 1.54) is 11.1 Å². The topological polar surface area (TPSA) is 29.1 Å². The van der Waals surface area contributed by atoms with E-state index >= 15 is 0 Å². The molecular weight excluding hydrogens is 306 g/mol. The van der Waals surface area contributed by atoms with Gasteiger partial charge in [0, 0.05) is 12.7 Å². The summed E-state index contributed by atoms with van der Waals surface area (Å²) in [5, 5.41) is 3.21. The quantitative estimate of drug-likeness (QED) is 0.730. The molecule has 2 heteroatoms. The SMILES string of the molecule is CNc1ccccc1C(C=O)c1cc(C(C)(C)C)cc(C(C)(C)C)c1. The number of aldehydes is 1. The minimum Gasteiger partial charge on any atom is -0.388 e. The van der Waals surface area contributed by atoms with Gasteiger partial charge in [-0.2, -0.15) is 0 Å². The molecule has 1 N–H and O–H groups in total. The molecule has 1 atom stereocenters. The minimum atomic E-state index is -0.271. The van der Waals surface area contributed by atoms with Crippen LogP contribution in [0, 0.1) is 0 Å². The first-order valence-electron chi connectivity index (χ1n) is 8.96. The third-order valence-electron chi connectivity index (χ3n) is 4.75. The Labute approximate surface area is 152 Å². The second-order valence-corrected chi connectivity index (χ2v) is 8.79. The zero-order valence-corrected chi connectivity index (χ0v) is 16.6. The summed E-state index contributed by atoms with van der Waals surface area (Å²) in [5.41, 5.74) is 5.68. The average Bonchev–Trinajstić information content (AvgIpc) is 2.54. The third kappa shape index (κ3) is 4.31. The number of nitrogens with one attached hydrogen (secondary N) is 1. The highest BCUT2D eigenvalue weighted by Gasteiger charge is 2.24. The monoisotopic (exact) mass is 337 g/mol. The molecule has 2 nitrogen and oxygen atoms in total. The van der Waals surface area contributed by atoms with Crippen molar-refractivity contribution in [2.45, 2.75) is 58.3 Å². The van der Waals surface area contributed by atoms with Crippen molar-refractivity contribution in [1.29, 1.82) is 0 Å². The molecule has 0 heterocycles. The van der Waals surface area contributed by atoms with Crippen molar-refractivity contribution >= 4 is 12.0 Å². The van der Waals surface area contributed by atoms with Gasteiger partial charge in [-0.3, -0.25) is 0 Å². The van der Waals surface area contributed by atoms with Crippen molar-refractivity contribution in [2.24, 2.45) is 0 Å². The van der Waals surface area contributed by atoms with Crippen LogP contribution in [-0.2, 0) is 15.6 Å². The van der Waals surface area contributed by atoms with E-state index in [0.717, 1.165) is 23.1 Å². The summed E-state index contributed by atoms with van der Waals surface area (Å²) in [7, 11) is 1.90. The second kappa shape index (κ2) is 7.03. The summed E-state index contributed by atoms with van der Waals surface area (Å²) in [4.78, 5) is 12.1. The van der Waals surface area contributed by atoms with Crippen LogP contribution >= 0.6 is 0 Å². The van der Waals surface area contributed by atoms with Gasteiger partial charge in [-0.15, -0.1) is 0 Å². The van der Waals surface area contributed by atoms with Gasteiger partial charge in [-0.1, -0.05) is 77.9 Å². The Balaban J connectivity index is 2.68. The number of rotatable bonds is 4. The lowest BCUT2D eigenvalue weighted by Crippen LogP contribution is -2.18. The summed E-state index contributed by atoms with van der Waals surface area (Å²) >= 11 is 0. The Kier molecular flexibility index (Phi) is 5.41. The van der Waals surface area contributed by atoms with Crippen LogP contribution in [0.3, 0.4) is 0 Å². The van der Waals surface area contributed by atoms with Crippen LogP contribution in [0.15, 0.2) is 42.5 Å². The predicted octanol–water partition coefficient (Wildman–Crippen LogP) is 5.65. The summed E-state index contributed by atoms with van der Waals surface area (Å²) < 4.78 is 0. The number of benzene rings is 2. The Morgan fingerprint density at radius 3 is 1.84 bits per heavy atom. The first-order valence-corrected chi connectivity index (χ1v) is 8.96. The van der Waals surface area contributed by atoms with Crippen molar-refractivity contribution in [3.05, 3.63) is 64.7 Å². The van der Waals surface area contributed by atoms with Gasteiger partial charge in [0.25, 0.3) is 0 Å². The fourth-order valence-electron chi connectivity index (χ4n) is 3.02. The highest BCUT2D eigenvalue weighted by atomic mass is 16.1. The molecule has 25 heavy (non-hydrogen) atoms. The highest BCUT2D eigenvalue weighted by Crippen LogP contribution is 2.35. The molecule has 0 radical (unpaired) electrons. The van der Waals surface area contributed by atoms with E-state index in [0.29, 0.717) is 0 Å². The molecule has 0 saturated heterocycles. The van der Waals surface area contributed by atoms with E-state index < -0.39 is 0 Å². The van der Waals surface area contributed by atoms with Gasteiger partial charge in [0.2, 0.25) is 0 Å². The van der Waals surface area contributed by atoms with Gasteiger partial charge in [-0.25, -0.2) is 0 Å². The summed E-state index contributed by atoms with van der Waals surface area (Å²) in [6.07, 6.45) is 1.06. The molecule has 0 saturated carbocycles. The maximum atomic E-state index is 12.1. The lowest BCUT2D eigenvalue weighted by Gasteiger charge is -2.27. The van der Waals surface area contributed by atoms with Crippen molar-refractivity contribution in [3.8, 4) is 0 Å². The van der Waals surface area contributed by atoms with Crippen molar-refractivity contribution in [3.63, 3.8) is 0 Å². The summed E-state index contributed by atoms with van der Waals surface area (Å²) in [6.45, 7) is 13.3. The van der Waals surface area contributed by atoms with E-state index in [9.17, 15) is 4.79 Å². The zero-order chi connectivity index (χ0) is 18.8. The molecule has 1 unspecified atom stereocenters. The molecule has 2 rings (SSSR count). The molecule has 0 fully saturated rings.